The van der Waals surface area contributed by atoms with Crippen molar-refractivity contribution in [1.82, 2.24) is 4.72 Å². The molecule has 0 aliphatic rings. The zero-order chi connectivity index (χ0) is 29.1. The summed E-state index contributed by atoms with van der Waals surface area (Å²) in [6.07, 6.45) is -0.0164. The number of sulfonamides is 1. The van der Waals surface area contributed by atoms with Gasteiger partial charge in [-0.3, -0.25) is 4.79 Å². The summed E-state index contributed by atoms with van der Waals surface area (Å²) in [4.78, 5) is 27.0. The molecule has 41 heavy (non-hydrogen) atoms. The normalized spacial score (nSPS) is 12.3. The van der Waals surface area contributed by atoms with E-state index < -0.39 is 27.5 Å². The molecule has 1 atom stereocenters. The van der Waals surface area contributed by atoms with Gasteiger partial charge >= 0.3 is 5.97 Å². The molecule has 0 saturated carbocycles. The number of carbonyl (C=O) groups is 1. The van der Waals surface area contributed by atoms with Crippen LogP contribution in [0.15, 0.2) is 111 Å². The maximum atomic E-state index is 13.5. The van der Waals surface area contributed by atoms with Crippen molar-refractivity contribution in [3.05, 3.63) is 130 Å². The van der Waals surface area contributed by atoms with E-state index in [0.29, 0.717) is 16.7 Å². The van der Waals surface area contributed by atoms with Crippen molar-refractivity contribution in [3.8, 4) is 16.9 Å². The van der Waals surface area contributed by atoms with Crippen LogP contribution in [0.4, 0.5) is 4.39 Å². The van der Waals surface area contributed by atoms with E-state index in [2.05, 4.69) is 4.72 Å². The first kappa shape index (κ1) is 27.9. The summed E-state index contributed by atoms with van der Waals surface area (Å²) < 4.78 is 53.6. The molecule has 4 aromatic carbocycles. The molecule has 208 valence electrons. The number of fused-ring (bicyclic) bond motifs is 1. The highest BCUT2D eigenvalue weighted by molar-refractivity contribution is 7.89. The van der Waals surface area contributed by atoms with Gasteiger partial charge in [-0.2, -0.15) is 4.72 Å². The van der Waals surface area contributed by atoms with E-state index in [9.17, 15) is 22.4 Å². The Morgan fingerprint density at radius 3 is 2.24 bits per heavy atom. The maximum Gasteiger partial charge on any atom is 0.330 e. The smallest absolute Gasteiger partial charge is 0.330 e. The Balaban J connectivity index is 1.49. The second-order valence-corrected chi connectivity index (χ2v) is 11.3. The molecule has 5 aromatic rings. The molecular weight excluding hydrogens is 545 g/mol. The molecule has 0 bridgehead atoms. The van der Waals surface area contributed by atoms with Gasteiger partial charge in [-0.25, -0.2) is 17.6 Å². The predicted octanol–water partition coefficient (Wildman–Crippen LogP) is 5.71. The van der Waals surface area contributed by atoms with Crippen LogP contribution in [0.2, 0.25) is 0 Å². The highest BCUT2D eigenvalue weighted by Crippen LogP contribution is 2.27. The standard InChI is InChI=1S/C32H26FNO6S/c1-20-8-15-26(16-9-20)41(37,38)34-28(18-22-6-4-3-5-7-22)32(36)40-31-21(2)39-29-17-12-24(19-27(29)30(31)35)23-10-13-25(33)14-11-23/h3-17,19,28,34H,18H2,1-2H3. The quantitative estimate of drug-likeness (QED) is 0.239. The summed E-state index contributed by atoms with van der Waals surface area (Å²) in [5.41, 5.74) is 2.57. The summed E-state index contributed by atoms with van der Waals surface area (Å²) in [6, 6.07) is 24.4. The number of hydrogen-bond donors (Lipinski definition) is 1. The van der Waals surface area contributed by atoms with E-state index in [-0.39, 0.29) is 39.6 Å². The molecule has 0 radical (unpaired) electrons. The third-order valence-corrected chi connectivity index (χ3v) is 8.08. The SMILES string of the molecule is Cc1ccc(S(=O)(=O)NC(Cc2ccccc2)C(=O)Oc2c(C)oc3ccc(-c4ccc(F)cc4)cc3c2=O)cc1. The summed E-state index contributed by atoms with van der Waals surface area (Å²) in [5.74, 6) is -1.63. The van der Waals surface area contributed by atoms with E-state index in [1.165, 1.54) is 31.2 Å². The number of halogens is 1. The predicted molar refractivity (Wildman–Crippen MR) is 154 cm³/mol. The molecule has 1 N–H and O–H groups in total. The van der Waals surface area contributed by atoms with E-state index in [0.717, 1.165) is 5.56 Å². The number of rotatable bonds is 8. The molecule has 9 heteroatoms. The molecule has 0 saturated heterocycles. The van der Waals surface area contributed by atoms with Crippen molar-refractivity contribution >= 4 is 27.0 Å². The second-order valence-electron chi connectivity index (χ2n) is 9.63. The van der Waals surface area contributed by atoms with Gasteiger partial charge in [-0.15, -0.1) is 0 Å². The minimum absolute atomic E-state index is 0.0105. The van der Waals surface area contributed by atoms with Crippen LogP contribution in [0.5, 0.6) is 5.75 Å². The second kappa shape index (κ2) is 11.5. The van der Waals surface area contributed by atoms with Crippen LogP contribution in [0, 0.1) is 19.7 Å². The molecule has 1 unspecified atom stereocenters. The zero-order valence-corrected chi connectivity index (χ0v) is 23.1. The lowest BCUT2D eigenvalue weighted by atomic mass is 10.0. The van der Waals surface area contributed by atoms with Crippen LogP contribution in [0.1, 0.15) is 16.9 Å². The van der Waals surface area contributed by atoms with E-state index in [1.807, 2.05) is 6.92 Å². The minimum Gasteiger partial charge on any atom is -0.457 e. The van der Waals surface area contributed by atoms with Crippen molar-refractivity contribution in [2.75, 3.05) is 0 Å². The molecule has 0 aliphatic heterocycles. The number of esters is 1. The summed E-state index contributed by atoms with van der Waals surface area (Å²) in [5, 5.41) is 0.153. The Morgan fingerprint density at radius 1 is 0.902 bits per heavy atom. The molecule has 7 nitrogen and oxygen atoms in total. The van der Waals surface area contributed by atoms with Crippen molar-refractivity contribution in [2.24, 2.45) is 0 Å². The summed E-state index contributed by atoms with van der Waals surface area (Å²) in [7, 11) is -4.11. The molecule has 0 amide bonds. The van der Waals surface area contributed by atoms with Crippen molar-refractivity contribution < 1.29 is 26.8 Å². The third-order valence-electron chi connectivity index (χ3n) is 6.59. The Labute approximate surface area is 236 Å². The van der Waals surface area contributed by atoms with E-state index in [1.54, 1.807) is 72.8 Å². The molecule has 0 spiro atoms. The van der Waals surface area contributed by atoms with Crippen LogP contribution in [-0.2, 0) is 21.2 Å². The first-order valence-corrected chi connectivity index (χ1v) is 14.3. The number of aryl methyl sites for hydroxylation is 2. The lowest BCUT2D eigenvalue weighted by Crippen LogP contribution is -2.44. The first-order valence-electron chi connectivity index (χ1n) is 12.8. The van der Waals surface area contributed by atoms with E-state index >= 15 is 0 Å². The molecule has 5 rings (SSSR count). The Kier molecular flexibility index (Phi) is 7.83. The molecule has 0 fully saturated rings. The van der Waals surface area contributed by atoms with Gasteiger partial charge < -0.3 is 9.15 Å². The largest absolute Gasteiger partial charge is 0.457 e. The Hall–Kier alpha value is -4.60. The van der Waals surface area contributed by atoms with Gasteiger partial charge in [0.1, 0.15) is 23.2 Å². The molecule has 1 aromatic heterocycles. The Bertz CT molecular complexity index is 1880. The summed E-state index contributed by atoms with van der Waals surface area (Å²) in [6.45, 7) is 3.32. The van der Waals surface area contributed by atoms with Gasteiger partial charge in [0.25, 0.3) is 0 Å². The fraction of sp³-hybridized carbons (Fsp3) is 0.125. The topological polar surface area (TPSA) is 103 Å². The van der Waals surface area contributed by atoms with Gasteiger partial charge in [0, 0.05) is 0 Å². The van der Waals surface area contributed by atoms with Crippen LogP contribution in [-0.4, -0.2) is 20.4 Å². The van der Waals surface area contributed by atoms with Gasteiger partial charge in [0.05, 0.1) is 10.3 Å². The Morgan fingerprint density at radius 2 is 1.56 bits per heavy atom. The number of nitrogens with one attached hydrogen (secondary N) is 1. The van der Waals surface area contributed by atoms with Crippen LogP contribution < -0.4 is 14.9 Å². The minimum atomic E-state index is -4.11. The fourth-order valence-corrected chi connectivity index (χ4v) is 5.58. The lowest BCUT2D eigenvalue weighted by molar-refractivity contribution is -0.136. The molecular formula is C32H26FNO6S. The number of hydrogen-bond acceptors (Lipinski definition) is 6. The maximum absolute atomic E-state index is 13.5. The lowest BCUT2D eigenvalue weighted by Gasteiger charge is -2.18. The molecule has 1 heterocycles. The average molecular weight is 572 g/mol. The van der Waals surface area contributed by atoms with Crippen molar-refractivity contribution in [3.63, 3.8) is 0 Å². The van der Waals surface area contributed by atoms with Crippen LogP contribution in [0.3, 0.4) is 0 Å². The van der Waals surface area contributed by atoms with Crippen LogP contribution >= 0.6 is 0 Å². The fourth-order valence-electron chi connectivity index (χ4n) is 4.40. The van der Waals surface area contributed by atoms with Gasteiger partial charge in [-0.05, 0) is 73.4 Å². The first-order chi connectivity index (χ1) is 19.6. The molecule has 0 aliphatic carbocycles. The number of ether oxygens (including phenoxy) is 1. The van der Waals surface area contributed by atoms with Crippen LogP contribution in [0.25, 0.3) is 22.1 Å². The van der Waals surface area contributed by atoms with Gasteiger partial charge in [0.15, 0.2) is 0 Å². The van der Waals surface area contributed by atoms with Crippen molar-refractivity contribution in [1.29, 1.82) is 0 Å². The average Bonchev–Trinajstić information content (AvgIpc) is 2.96. The zero-order valence-electron chi connectivity index (χ0n) is 22.3. The monoisotopic (exact) mass is 571 g/mol. The highest BCUT2D eigenvalue weighted by Gasteiger charge is 2.29. The van der Waals surface area contributed by atoms with Crippen molar-refractivity contribution in [2.45, 2.75) is 31.2 Å². The number of carbonyl (C=O) groups excluding carboxylic acids is 1. The van der Waals surface area contributed by atoms with Gasteiger partial charge in [-0.1, -0.05) is 66.2 Å². The number of benzene rings is 4. The highest BCUT2D eigenvalue weighted by atomic mass is 32.2. The van der Waals surface area contributed by atoms with Gasteiger partial charge in [0.2, 0.25) is 21.2 Å². The summed E-state index contributed by atoms with van der Waals surface area (Å²) >= 11 is 0. The third kappa shape index (κ3) is 6.26. The van der Waals surface area contributed by atoms with E-state index in [4.69, 9.17) is 9.15 Å².